The van der Waals surface area contributed by atoms with Gasteiger partial charge in [-0.05, 0) is 76.8 Å². The van der Waals surface area contributed by atoms with Crippen LogP contribution in [0.4, 0.5) is 8.78 Å². The molecule has 3 rings (SSSR count). The fraction of sp³-hybridized carbons (Fsp3) is 0.682. The molecule has 0 aliphatic carbocycles. The number of carbonyl (C=O) groups excluding carboxylic acids is 1. The van der Waals surface area contributed by atoms with Crippen LogP contribution in [-0.4, -0.2) is 67.4 Å². The lowest BCUT2D eigenvalue weighted by Gasteiger charge is -2.41. The first kappa shape index (κ1) is 21.2. The van der Waals surface area contributed by atoms with Gasteiger partial charge in [-0.25, -0.2) is 8.78 Å². The summed E-state index contributed by atoms with van der Waals surface area (Å²) in [6, 6.07) is 11.3. The molecule has 0 radical (unpaired) electrons. The molecule has 1 amide bonds. The maximum atomic E-state index is 12.2. The van der Waals surface area contributed by atoms with Crippen molar-refractivity contribution in [3.8, 4) is 0 Å². The molecule has 4 nitrogen and oxygen atoms in total. The van der Waals surface area contributed by atoms with Gasteiger partial charge in [0, 0.05) is 12.0 Å². The van der Waals surface area contributed by atoms with E-state index in [4.69, 9.17) is 0 Å². The highest BCUT2D eigenvalue weighted by Crippen LogP contribution is 2.24. The summed E-state index contributed by atoms with van der Waals surface area (Å²) < 4.78 is 24.5. The Hall–Kier alpha value is -1.53. The Kier molecular flexibility index (Phi) is 8.22. The van der Waals surface area contributed by atoms with E-state index in [0.717, 1.165) is 52.0 Å². The largest absolute Gasteiger partial charge is 0.350 e. The van der Waals surface area contributed by atoms with Crippen LogP contribution in [0.3, 0.4) is 0 Å². The summed E-state index contributed by atoms with van der Waals surface area (Å²) in [6.07, 6.45) is 3.82. The van der Waals surface area contributed by atoms with Crippen LogP contribution in [0.5, 0.6) is 0 Å². The Balaban J connectivity index is 1.30. The summed E-state index contributed by atoms with van der Waals surface area (Å²) in [7, 11) is 0. The fourth-order valence-electron chi connectivity index (χ4n) is 4.51. The molecule has 1 aromatic carbocycles. The van der Waals surface area contributed by atoms with E-state index in [-0.39, 0.29) is 11.8 Å². The van der Waals surface area contributed by atoms with E-state index in [2.05, 4.69) is 45.4 Å². The number of alkyl halides is 2. The second-order valence-electron chi connectivity index (χ2n) is 8.11. The molecular formula is C22H33F2N3O. The van der Waals surface area contributed by atoms with E-state index in [1.807, 2.05) is 0 Å². The van der Waals surface area contributed by atoms with Crippen molar-refractivity contribution in [2.75, 3.05) is 39.3 Å². The van der Waals surface area contributed by atoms with Gasteiger partial charge in [0.15, 0.2) is 0 Å². The van der Waals surface area contributed by atoms with Crippen molar-refractivity contribution < 1.29 is 13.6 Å². The topological polar surface area (TPSA) is 35.6 Å². The fourth-order valence-corrected chi connectivity index (χ4v) is 4.51. The van der Waals surface area contributed by atoms with E-state index in [1.54, 1.807) is 0 Å². The summed E-state index contributed by atoms with van der Waals surface area (Å²) in [5, 5.41) is 2.37. The smallest absolute Gasteiger partial charge is 0.255 e. The monoisotopic (exact) mass is 393 g/mol. The van der Waals surface area contributed by atoms with Crippen LogP contribution < -0.4 is 5.32 Å². The lowest BCUT2D eigenvalue weighted by atomic mass is 9.92. The normalized spacial score (nSPS) is 20.5. The molecule has 2 aliphatic heterocycles. The molecule has 2 fully saturated rings. The molecule has 6 heteroatoms. The number of hydrogen-bond acceptors (Lipinski definition) is 3. The number of nitrogens with zero attached hydrogens (tertiary/aromatic N) is 2. The summed E-state index contributed by atoms with van der Waals surface area (Å²) in [6.45, 7) is 4.75. The summed E-state index contributed by atoms with van der Waals surface area (Å²) in [5.41, 5.74) is 1.41. The Labute approximate surface area is 167 Å². The molecule has 1 aromatic rings. The Morgan fingerprint density at radius 2 is 1.71 bits per heavy atom. The molecule has 1 N–H and O–H groups in total. The van der Waals surface area contributed by atoms with Gasteiger partial charge in [-0.1, -0.05) is 30.3 Å². The first-order valence-electron chi connectivity index (χ1n) is 10.7. The van der Waals surface area contributed by atoms with Crippen molar-refractivity contribution in [1.29, 1.82) is 0 Å². The van der Waals surface area contributed by atoms with Crippen LogP contribution in [0, 0.1) is 5.92 Å². The SMILES string of the molecule is O=C(NCC(F)F)C1CCN(C2CCN(CCCc3ccccc3)CC2)CC1. The number of benzene rings is 1. The van der Waals surface area contributed by atoms with E-state index in [1.165, 1.54) is 24.8 Å². The molecule has 0 saturated carbocycles. The number of halogens is 2. The third-order valence-electron chi connectivity index (χ3n) is 6.19. The highest BCUT2D eigenvalue weighted by Gasteiger charge is 2.30. The number of amides is 1. The third kappa shape index (κ3) is 6.52. The minimum absolute atomic E-state index is 0.104. The van der Waals surface area contributed by atoms with Gasteiger partial charge in [0.25, 0.3) is 6.43 Å². The number of nitrogens with one attached hydrogen (secondary N) is 1. The van der Waals surface area contributed by atoms with Crippen molar-refractivity contribution in [3.05, 3.63) is 35.9 Å². The number of aryl methyl sites for hydroxylation is 1. The van der Waals surface area contributed by atoms with Gasteiger partial charge in [0.05, 0.1) is 6.54 Å². The lowest BCUT2D eigenvalue weighted by molar-refractivity contribution is -0.127. The molecular weight excluding hydrogens is 360 g/mol. The van der Waals surface area contributed by atoms with Crippen LogP contribution >= 0.6 is 0 Å². The van der Waals surface area contributed by atoms with Gasteiger partial charge in [-0.2, -0.15) is 0 Å². The highest BCUT2D eigenvalue weighted by atomic mass is 19.3. The van der Waals surface area contributed by atoms with Gasteiger partial charge in [0.2, 0.25) is 5.91 Å². The van der Waals surface area contributed by atoms with E-state index in [9.17, 15) is 13.6 Å². The second-order valence-corrected chi connectivity index (χ2v) is 8.11. The Morgan fingerprint density at radius 1 is 1.04 bits per heavy atom. The quantitative estimate of drug-likeness (QED) is 0.737. The zero-order valence-corrected chi connectivity index (χ0v) is 16.7. The number of carbonyl (C=O) groups is 1. The zero-order chi connectivity index (χ0) is 19.8. The molecule has 0 unspecified atom stereocenters. The molecule has 0 atom stereocenters. The average Bonchev–Trinajstić information content (AvgIpc) is 2.73. The molecule has 2 heterocycles. The maximum Gasteiger partial charge on any atom is 0.255 e. The Bertz CT molecular complexity index is 583. The van der Waals surface area contributed by atoms with Crippen LogP contribution in [0.25, 0.3) is 0 Å². The Morgan fingerprint density at radius 3 is 2.36 bits per heavy atom. The third-order valence-corrected chi connectivity index (χ3v) is 6.19. The van der Waals surface area contributed by atoms with Crippen molar-refractivity contribution in [3.63, 3.8) is 0 Å². The van der Waals surface area contributed by atoms with Gasteiger partial charge >= 0.3 is 0 Å². The number of hydrogen-bond donors (Lipinski definition) is 1. The number of rotatable bonds is 8. The van der Waals surface area contributed by atoms with E-state index in [0.29, 0.717) is 6.04 Å². The zero-order valence-electron chi connectivity index (χ0n) is 16.7. The highest BCUT2D eigenvalue weighted by molar-refractivity contribution is 5.78. The average molecular weight is 394 g/mol. The minimum atomic E-state index is -2.47. The molecule has 0 spiro atoms. The van der Waals surface area contributed by atoms with Crippen molar-refractivity contribution in [2.24, 2.45) is 5.92 Å². The van der Waals surface area contributed by atoms with Crippen LogP contribution in [0.15, 0.2) is 30.3 Å². The maximum absolute atomic E-state index is 12.2. The molecule has 2 aliphatic rings. The minimum Gasteiger partial charge on any atom is -0.350 e. The first-order valence-corrected chi connectivity index (χ1v) is 10.7. The molecule has 2 saturated heterocycles. The van der Waals surface area contributed by atoms with E-state index < -0.39 is 13.0 Å². The molecule has 0 bridgehead atoms. The predicted molar refractivity (Wildman–Crippen MR) is 108 cm³/mol. The lowest BCUT2D eigenvalue weighted by Crippen LogP contribution is -2.49. The summed E-state index contributed by atoms with van der Waals surface area (Å²) in [5.74, 6) is -0.304. The molecule has 156 valence electrons. The summed E-state index contributed by atoms with van der Waals surface area (Å²) in [4.78, 5) is 17.0. The van der Waals surface area contributed by atoms with Crippen LogP contribution in [0.2, 0.25) is 0 Å². The number of piperidine rings is 2. The van der Waals surface area contributed by atoms with Gasteiger partial charge in [-0.15, -0.1) is 0 Å². The van der Waals surface area contributed by atoms with E-state index >= 15 is 0 Å². The van der Waals surface area contributed by atoms with Crippen molar-refractivity contribution >= 4 is 5.91 Å². The van der Waals surface area contributed by atoms with Crippen molar-refractivity contribution in [2.45, 2.75) is 51.0 Å². The summed E-state index contributed by atoms with van der Waals surface area (Å²) >= 11 is 0. The standard InChI is InChI=1S/C22H33F2N3O/c23-21(24)17-25-22(28)19-8-15-27(16-9-19)20-10-13-26(14-11-20)12-4-7-18-5-2-1-3-6-18/h1-3,5-6,19-21H,4,7-17H2,(H,25,28). The van der Waals surface area contributed by atoms with Crippen LogP contribution in [-0.2, 0) is 11.2 Å². The molecule has 0 aromatic heterocycles. The van der Waals surface area contributed by atoms with Crippen molar-refractivity contribution in [1.82, 2.24) is 15.1 Å². The van der Waals surface area contributed by atoms with Gasteiger partial charge in [0.1, 0.15) is 0 Å². The van der Waals surface area contributed by atoms with Gasteiger partial charge < -0.3 is 15.1 Å². The second kappa shape index (κ2) is 10.9. The predicted octanol–water partition coefficient (Wildman–Crippen LogP) is 3.18. The number of likely N-dealkylation sites (tertiary alicyclic amines) is 2. The first-order chi connectivity index (χ1) is 13.6. The van der Waals surface area contributed by atoms with Gasteiger partial charge in [-0.3, -0.25) is 4.79 Å². The van der Waals surface area contributed by atoms with Crippen LogP contribution in [0.1, 0.15) is 37.7 Å². The molecule has 28 heavy (non-hydrogen) atoms.